The van der Waals surface area contributed by atoms with Crippen LogP contribution in [0.1, 0.15) is 126 Å². The van der Waals surface area contributed by atoms with Gasteiger partial charge >= 0.3 is 136 Å². The van der Waals surface area contributed by atoms with Crippen molar-refractivity contribution in [3.8, 4) is 60.9 Å². The number of amides is 7. The molecule has 0 radical (unpaired) electrons. The van der Waals surface area contributed by atoms with Crippen LogP contribution in [0.15, 0.2) is 249 Å². The maximum Gasteiger partial charge on any atom is 1.00 e. The number of hydrogen-bond acceptors (Lipinski definition) is 27. The number of methoxy groups -OCH3 is 6. The summed E-state index contributed by atoms with van der Waals surface area (Å²) in [6.07, 6.45) is 20.1. The first-order valence-corrected chi connectivity index (χ1v) is 37.5. The average Bonchev–Trinajstić information content (AvgIpc) is 0.856. The van der Waals surface area contributed by atoms with Crippen LogP contribution in [0.3, 0.4) is 0 Å². The van der Waals surface area contributed by atoms with Crippen LogP contribution in [0.4, 0.5) is 75.2 Å². The summed E-state index contributed by atoms with van der Waals surface area (Å²) in [5, 5.41) is 57.2. The molecule has 134 heavy (non-hydrogen) atoms. The van der Waals surface area contributed by atoms with Gasteiger partial charge in [0.15, 0.2) is 0 Å². The van der Waals surface area contributed by atoms with Gasteiger partial charge in [-0.1, -0.05) is 60.1 Å². The molecule has 13 N–H and O–H groups in total. The second-order valence-electron chi connectivity index (χ2n) is 25.3. The number of benzene rings is 11. The van der Waals surface area contributed by atoms with Crippen molar-refractivity contribution < 1.29 is 189 Å². The fourth-order valence-corrected chi connectivity index (χ4v) is 10.2. The molecule has 672 valence electrons. The van der Waals surface area contributed by atoms with E-state index in [1.807, 2.05) is 18.2 Å². The van der Waals surface area contributed by atoms with E-state index in [1.165, 1.54) is 97.3 Å². The van der Waals surface area contributed by atoms with Crippen molar-refractivity contribution >= 4 is 152 Å². The van der Waals surface area contributed by atoms with Gasteiger partial charge in [-0.25, -0.2) is 62.3 Å². The number of carboxylic acid groups (broad SMARTS) is 4. The van der Waals surface area contributed by atoms with Crippen LogP contribution in [-0.4, -0.2) is 142 Å². The summed E-state index contributed by atoms with van der Waals surface area (Å²) in [5.41, 5.74) is 15.4. The number of terminal acetylenes is 4. The number of carboxylic acids is 4. The number of rotatable bonds is 19. The Morgan fingerprint density at radius 1 is 0.291 bits per heavy atom. The van der Waals surface area contributed by atoms with Gasteiger partial charge in [0, 0.05) is 85.0 Å². The number of aromatic carboxylic acids is 4. The average molecular weight is 1860 g/mol. The first kappa shape index (κ1) is 111. The molecule has 7 amide bonds. The number of anilines is 9. The number of esters is 6. The minimum atomic E-state index is -1.58. The number of para-hydroxylation sites is 2. The second-order valence-corrected chi connectivity index (χ2v) is 25.6. The molecule has 11 aromatic rings. The molecule has 0 aliphatic rings. The van der Waals surface area contributed by atoms with E-state index in [0.29, 0.717) is 50.9 Å². The van der Waals surface area contributed by atoms with Gasteiger partial charge in [0.2, 0.25) is 0 Å². The molecule has 11 rings (SSSR count). The maximum absolute atomic E-state index is 12.1. The molecule has 0 aliphatic carbocycles. The number of urea groups is 3. The van der Waals surface area contributed by atoms with Crippen molar-refractivity contribution in [2.24, 2.45) is 0 Å². The summed E-state index contributed by atoms with van der Waals surface area (Å²) >= 11 is 4.95. The molecule has 0 bridgehead atoms. The Morgan fingerprint density at radius 3 is 0.769 bits per heavy atom. The predicted molar refractivity (Wildman–Crippen MR) is 481 cm³/mol. The molecule has 0 saturated heterocycles. The zero-order valence-corrected chi connectivity index (χ0v) is 76.9. The van der Waals surface area contributed by atoms with Gasteiger partial charge in [0.25, 0.3) is 0 Å². The summed E-state index contributed by atoms with van der Waals surface area (Å²) in [7, 11) is 7.36. The Bertz CT molecular complexity index is 5930. The monoisotopic (exact) mass is 1860 g/mol. The largest absolute Gasteiger partial charge is 1.00 e. The Balaban J connectivity index is 0.000000412. The molecule has 39 heteroatoms. The van der Waals surface area contributed by atoms with Crippen LogP contribution in [-0.2, 0) is 28.4 Å². The van der Waals surface area contributed by atoms with Gasteiger partial charge in [-0.05, 0) is 223 Å². The van der Waals surface area contributed by atoms with E-state index in [4.69, 9.17) is 63.7 Å². The third-order valence-corrected chi connectivity index (χ3v) is 16.2. The topological polar surface area (TPSA) is 553 Å². The SMILES string of the molecule is C#Cc1ccc(N)cc1.C#Cc1ccc(NC(=O)Nc2cc(C(=O)O)cc(C(=O)O)c2)cc1.C#Cc1ccc(NC(=O)Nc2cc(C(=O)OC)cc(C(=O)OC)c2)cc1.C#Cc1ccc(NC(=O)Nc2cc(C(=O)[O-])cc(C(=O)[O-])c2)cc1.COC(=O)c1cc(N)cc(C(=O)OC)c1.COC(=O)c1cc(NC(=O)Oc2ccccc2)cc(C(=O)OC)c1.O=C(Cl)Oc1ccccc1.[Na+].[Na+]. The zero-order chi connectivity index (χ0) is 97.5. The maximum atomic E-state index is 12.1. The smallest absolute Gasteiger partial charge is 0.545 e. The Kier molecular flexibility index (Phi) is 47.7. The first-order valence-electron chi connectivity index (χ1n) is 37.1. The van der Waals surface area contributed by atoms with Gasteiger partial charge in [-0.3, -0.25) is 5.32 Å². The molecule has 0 atom stereocenters. The predicted octanol–water partition coefficient (Wildman–Crippen LogP) is 7.03. The van der Waals surface area contributed by atoms with E-state index >= 15 is 0 Å². The fourth-order valence-electron chi connectivity index (χ4n) is 10.1. The van der Waals surface area contributed by atoms with Crippen molar-refractivity contribution in [2.45, 2.75) is 0 Å². The summed E-state index contributed by atoms with van der Waals surface area (Å²) in [5.74, 6) is 1.21. The first-order chi connectivity index (χ1) is 62.9. The summed E-state index contributed by atoms with van der Waals surface area (Å²) in [6, 6.07) is 60.7. The van der Waals surface area contributed by atoms with Crippen molar-refractivity contribution in [3.63, 3.8) is 0 Å². The third kappa shape index (κ3) is 39.2. The molecule has 11 aromatic carbocycles. The molecule has 36 nitrogen and oxygen atoms in total. The van der Waals surface area contributed by atoms with E-state index in [1.54, 1.807) is 140 Å². The van der Waals surface area contributed by atoms with Crippen molar-refractivity contribution in [3.05, 3.63) is 327 Å². The summed E-state index contributed by atoms with van der Waals surface area (Å²) < 4.78 is 37.2. The second kappa shape index (κ2) is 57.6. The van der Waals surface area contributed by atoms with Gasteiger partial charge in [0.05, 0.1) is 99.1 Å². The fraction of sp³-hybridized carbons (Fsp3) is 0.0632. The van der Waals surface area contributed by atoms with Gasteiger partial charge in [-0.2, -0.15) is 0 Å². The van der Waals surface area contributed by atoms with Crippen molar-refractivity contribution in [2.75, 3.05) is 91.3 Å². The molecule has 0 spiro atoms. The van der Waals surface area contributed by atoms with Gasteiger partial charge in [-0.15, -0.1) is 25.7 Å². The summed E-state index contributed by atoms with van der Waals surface area (Å²) in [6.45, 7) is 0. The number of carbonyl (C=O) groups excluding carboxylic acids is 13. The minimum absolute atomic E-state index is 0. The van der Waals surface area contributed by atoms with Crippen molar-refractivity contribution in [1.82, 2.24) is 0 Å². The van der Waals surface area contributed by atoms with Gasteiger partial charge < -0.3 is 111 Å². The van der Waals surface area contributed by atoms with Crippen LogP contribution in [0.5, 0.6) is 11.5 Å². The molecule has 0 saturated carbocycles. The van der Waals surface area contributed by atoms with Crippen molar-refractivity contribution in [1.29, 1.82) is 0 Å². The molecule has 0 heterocycles. The standard InChI is InChI=1S/C19H16N2O5.2C17H12N2O5.C17H15NO6.C10H11NO4.C8H7N.C7H5ClO2.2Na/c1-4-12-5-7-15(8-6-12)20-19(24)21-16-10-13(17(22)25-2)9-14(11-16)18(23)26-3;2*1-2-10-3-5-13(6-4-10)18-17(24)19-14-8-11(15(20)21)7-12(9-14)16(22)23;1-22-15(19)11-8-12(16(20)23-2)10-13(9-11)18-17(21)24-14-6-4-3-5-7-14;1-14-9(12)6-3-7(10(13)15-2)5-8(11)4-6;1-2-7-3-5-8(9)6-4-7;8-7(9)10-6-4-2-1-3-5-6;;/h1,5-11H,2-3H3,(H2,20,21,24);2*1,3-9H,(H,20,21)(H,22,23)(H2,18,19,24);3-10H,1-2H3,(H,18,21);3-5H,11H2,1-2H3;1,3-6H,9H2;1-5H;;/q;;;;;;;2*+1/p-2. The molecule has 0 aliphatic heterocycles. The molecule has 0 unspecified atom stereocenters. The van der Waals surface area contributed by atoms with E-state index < -0.39 is 100 Å². The quantitative estimate of drug-likeness (QED) is 0.00966. The Hall–Kier alpha value is -17.2. The summed E-state index contributed by atoms with van der Waals surface area (Å²) in [4.78, 5) is 171. The number of carbonyl (C=O) groups is 15. The number of nitrogens with one attached hydrogen (secondary N) is 7. The van der Waals surface area contributed by atoms with Crippen LogP contribution in [0, 0.1) is 49.4 Å². The number of nitrogen functional groups attached to an aromatic ring is 2. The van der Waals surface area contributed by atoms with E-state index in [2.05, 4.69) is 94.1 Å². The zero-order valence-electron chi connectivity index (χ0n) is 72.1. The minimum Gasteiger partial charge on any atom is -0.545 e. The van der Waals surface area contributed by atoms with Crippen LogP contribution < -0.4 is 127 Å². The Labute approximate surface area is 814 Å². The molecule has 0 fully saturated rings. The van der Waals surface area contributed by atoms with E-state index in [0.717, 1.165) is 47.6 Å². The molecular formula is C95H76ClN9Na2O27. The number of hydrogen-bond donors (Lipinski definition) is 11. The van der Waals surface area contributed by atoms with Gasteiger partial charge in [0.1, 0.15) is 11.5 Å². The van der Waals surface area contributed by atoms with Crippen LogP contribution >= 0.6 is 11.6 Å². The van der Waals surface area contributed by atoms with E-state index in [9.17, 15) is 82.1 Å². The number of halogens is 1. The van der Waals surface area contributed by atoms with Crippen LogP contribution in [0.25, 0.3) is 0 Å². The molecule has 0 aromatic heterocycles. The molecular weight excluding hydrogens is 1780 g/mol. The Morgan fingerprint density at radius 2 is 0.515 bits per heavy atom. The number of ether oxygens (including phenoxy) is 8. The third-order valence-electron chi connectivity index (χ3n) is 16.1. The van der Waals surface area contributed by atoms with Crippen LogP contribution in [0.2, 0.25) is 0 Å². The normalized spacial score (nSPS) is 9.34. The number of nitrogens with two attached hydrogens (primary N) is 2. The van der Waals surface area contributed by atoms with E-state index in [-0.39, 0.29) is 126 Å².